The first kappa shape index (κ1) is 24.1. The summed E-state index contributed by atoms with van der Waals surface area (Å²) < 4.78 is 39.0. The molecular weight excluding hydrogens is 408 g/mol. The van der Waals surface area contributed by atoms with Crippen LogP contribution in [0.15, 0.2) is 30.3 Å². The summed E-state index contributed by atoms with van der Waals surface area (Å²) in [4.78, 5) is 24.5. The molecule has 6 nitrogen and oxygen atoms in total. The number of amides is 1. The largest absolute Gasteiger partial charge is 0.507 e. The molecule has 2 aromatic carbocycles. The molecule has 0 fully saturated rings. The van der Waals surface area contributed by atoms with Gasteiger partial charge in [-0.1, -0.05) is 0 Å². The second-order valence-corrected chi connectivity index (χ2v) is 8.07. The molecule has 2 aromatic rings. The van der Waals surface area contributed by atoms with Crippen molar-refractivity contribution >= 4 is 12.1 Å². The number of ether oxygens (including phenoxy) is 2. The lowest BCUT2D eigenvalue weighted by molar-refractivity contribution is -0.143. The Morgan fingerprint density at radius 1 is 1.16 bits per heavy atom. The molecule has 8 heteroatoms. The van der Waals surface area contributed by atoms with Crippen LogP contribution in [0, 0.1) is 18.6 Å². The van der Waals surface area contributed by atoms with E-state index in [1.807, 2.05) is 0 Å². The van der Waals surface area contributed by atoms with Gasteiger partial charge in [0.25, 0.3) is 0 Å². The number of esters is 1. The molecule has 1 atom stereocenters. The van der Waals surface area contributed by atoms with Crippen molar-refractivity contribution in [1.29, 1.82) is 0 Å². The zero-order valence-corrected chi connectivity index (χ0v) is 18.2. The maximum atomic E-state index is 15.1. The number of hydrogen-bond acceptors (Lipinski definition) is 5. The zero-order valence-electron chi connectivity index (χ0n) is 18.2. The van der Waals surface area contributed by atoms with Gasteiger partial charge in [-0.05, 0) is 76.1 Å². The molecular formula is C23H27F2NO5. The molecule has 0 heterocycles. The first-order valence-electron chi connectivity index (χ1n) is 9.85. The second kappa shape index (κ2) is 9.76. The van der Waals surface area contributed by atoms with Gasteiger partial charge in [0.2, 0.25) is 0 Å². The fourth-order valence-electron chi connectivity index (χ4n) is 3.02. The second-order valence-electron chi connectivity index (χ2n) is 8.07. The van der Waals surface area contributed by atoms with Gasteiger partial charge in [-0.2, -0.15) is 0 Å². The number of rotatable bonds is 6. The SMILES string of the molecule is CCOC(=O)C[C@H](NC(=O)OC(C)(C)C)c1cc(-c2cc(F)ccc2O)cc(C)c1F. The Morgan fingerprint density at radius 2 is 1.84 bits per heavy atom. The van der Waals surface area contributed by atoms with Crippen molar-refractivity contribution in [2.24, 2.45) is 0 Å². The molecule has 0 unspecified atom stereocenters. The van der Waals surface area contributed by atoms with Crippen molar-refractivity contribution in [2.75, 3.05) is 6.61 Å². The van der Waals surface area contributed by atoms with E-state index >= 15 is 4.39 Å². The highest BCUT2D eigenvalue weighted by Gasteiger charge is 2.27. The van der Waals surface area contributed by atoms with Crippen LogP contribution in [0.3, 0.4) is 0 Å². The molecule has 1 amide bonds. The van der Waals surface area contributed by atoms with E-state index in [9.17, 15) is 19.1 Å². The van der Waals surface area contributed by atoms with Gasteiger partial charge in [0, 0.05) is 11.1 Å². The first-order valence-corrected chi connectivity index (χ1v) is 9.85. The van der Waals surface area contributed by atoms with E-state index in [-0.39, 0.29) is 35.5 Å². The lowest BCUT2D eigenvalue weighted by atomic mass is 9.94. The van der Waals surface area contributed by atoms with Gasteiger partial charge >= 0.3 is 12.1 Å². The van der Waals surface area contributed by atoms with E-state index in [2.05, 4.69) is 5.32 Å². The number of halogens is 2. The summed E-state index contributed by atoms with van der Waals surface area (Å²) in [5.41, 5.74) is -0.154. The maximum absolute atomic E-state index is 15.1. The number of phenolic OH excluding ortho intramolecular Hbond substituents is 1. The number of carbonyl (C=O) groups is 2. The third-order valence-corrected chi connectivity index (χ3v) is 4.29. The van der Waals surface area contributed by atoms with Gasteiger partial charge in [0.1, 0.15) is 23.0 Å². The average Bonchev–Trinajstić information content (AvgIpc) is 2.64. The van der Waals surface area contributed by atoms with Crippen molar-refractivity contribution < 1.29 is 33.0 Å². The predicted molar refractivity (Wildman–Crippen MR) is 112 cm³/mol. The molecule has 31 heavy (non-hydrogen) atoms. The Labute approximate surface area is 180 Å². The predicted octanol–water partition coefficient (Wildman–Crippen LogP) is 5.16. The normalized spacial score (nSPS) is 12.2. The molecule has 0 radical (unpaired) electrons. The number of aromatic hydroxyl groups is 1. The summed E-state index contributed by atoms with van der Waals surface area (Å²) >= 11 is 0. The highest BCUT2D eigenvalue weighted by Crippen LogP contribution is 2.34. The smallest absolute Gasteiger partial charge is 0.408 e. The van der Waals surface area contributed by atoms with Crippen LogP contribution < -0.4 is 5.32 Å². The summed E-state index contributed by atoms with van der Waals surface area (Å²) in [6.07, 6.45) is -1.18. The molecule has 0 aliphatic heterocycles. The van der Waals surface area contributed by atoms with E-state index < -0.39 is 35.3 Å². The van der Waals surface area contributed by atoms with E-state index in [0.717, 1.165) is 12.1 Å². The van der Waals surface area contributed by atoms with Gasteiger partial charge in [-0.25, -0.2) is 13.6 Å². The van der Waals surface area contributed by atoms with Gasteiger partial charge < -0.3 is 19.9 Å². The quantitative estimate of drug-likeness (QED) is 0.612. The minimum absolute atomic E-state index is 0.0161. The van der Waals surface area contributed by atoms with Crippen LogP contribution in [-0.4, -0.2) is 29.4 Å². The van der Waals surface area contributed by atoms with E-state index in [0.29, 0.717) is 5.56 Å². The Morgan fingerprint density at radius 3 is 2.45 bits per heavy atom. The van der Waals surface area contributed by atoms with Gasteiger partial charge in [0.15, 0.2) is 0 Å². The number of nitrogens with one attached hydrogen (secondary N) is 1. The maximum Gasteiger partial charge on any atom is 0.408 e. The molecule has 2 rings (SSSR count). The number of hydrogen-bond donors (Lipinski definition) is 2. The van der Waals surface area contributed by atoms with E-state index in [4.69, 9.17) is 9.47 Å². The summed E-state index contributed by atoms with van der Waals surface area (Å²) in [6.45, 7) is 8.26. The molecule has 0 aliphatic rings. The molecule has 168 valence electrons. The fraction of sp³-hybridized carbons (Fsp3) is 0.391. The molecule has 0 saturated carbocycles. The Hall–Kier alpha value is -3.16. The minimum Gasteiger partial charge on any atom is -0.507 e. The van der Waals surface area contributed by atoms with Crippen molar-refractivity contribution in [1.82, 2.24) is 5.32 Å². The fourth-order valence-corrected chi connectivity index (χ4v) is 3.02. The zero-order chi connectivity index (χ0) is 23.3. The molecule has 0 aliphatic carbocycles. The van der Waals surface area contributed by atoms with Crippen LogP contribution in [0.1, 0.15) is 51.3 Å². The van der Waals surface area contributed by atoms with Crippen LogP contribution >= 0.6 is 0 Å². The minimum atomic E-state index is -1.11. The van der Waals surface area contributed by atoms with Crippen molar-refractivity contribution in [3.8, 4) is 16.9 Å². The number of phenols is 1. The lowest BCUT2D eigenvalue weighted by Gasteiger charge is -2.24. The average molecular weight is 435 g/mol. The molecule has 0 spiro atoms. The number of aryl methyl sites for hydroxylation is 1. The van der Waals surface area contributed by atoms with Gasteiger partial charge in [-0.3, -0.25) is 4.79 Å². The van der Waals surface area contributed by atoms with Crippen molar-refractivity contribution in [3.05, 3.63) is 53.1 Å². The summed E-state index contributed by atoms with van der Waals surface area (Å²) in [5, 5.41) is 12.7. The van der Waals surface area contributed by atoms with E-state index in [1.54, 1.807) is 27.7 Å². The Kier molecular flexibility index (Phi) is 7.60. The molecule has 0 aromatic heterocycles. The van der Waals surface area contributed by atoms with Crippen LogP contribution in [-0.2, 0) is 14.3 Å². The standard InChI is InChI=1S/C23H27F2NO5/c1-6-30-20(28)12-18(26-22(29)31-23(3,4)5)17-10-14(9-13(2)21(17)25)16-11-15(24)7-8-19(16)27/h7-11,18,27H,6,12H2,1-5H3,(H,26,29)/t18-/m0/s1. The monoisotopic (exact) mass is 435 g/mol. The molecule has 0 saturated heterocycles. The van der Waals surface area contributed by atoms with Crippen LogP contribution in [0.4, 0.5) is 13.6 Å². The lowest BCUT2D eigenvalue weighted by Crippen LogP contribution is -2.36. The van der Waals surface area contributed by atoms with Crippen molar-refractivity contribution in [3.63, 3.8) is 0 Å². The van der Waals surface area contributed by atoms with Crippen LogP contribution in [0.25, 0.3) is 11.1 Å². The highest BCUT2D eigenvalue weighted by molar-refractivity contribution is 5.75. The summed E-state index contributed by atoms with van der Waals surface area (Å²) in [6, 6.07) is 5.11. The van der Waals surface area contributed by atoms with Crippen molar-refractivity contribution in [2.45, 2.75) is 52.7 Å². The third-order valence-electron chi connectivity index (χ3n) is 4.29. The Bertz CT molecular complexity index is 969. The topological polar surface area (TPSA) is 84.9 Å². The highest BCUT2D eigenvalue weighted by atomic mass is 19.1. The van der Waals surface area contributed by atoms with Gasteiger partial charge in [0.05, 0.1) is 19.1 Å². The van der Waals surface area contributed by atoms with E-state index in [1.165, 1.54) is 25.1 Å². The van der Waals surface area contributed by atoms with Gasteiger partial charge in [-0.15, -0.1) is 0 Å². The Balaban J connectivity index is 2.52. The number of benzene rings is 2. The summed E-state index contributed by atoms with van der Waals surface area (Å²) in [7, 11) is 0. The molecule has 0 bridgehead atoms. The molecule has 2 N–H and O–H groups in total. The number of alkyl carbamates (subject to hydrolysis) is 1. The summed E-state index contributed by atoms with van der Waals surface area (Å²) in [5.74, 6) is -2.06. The van der Waals surface area contributed by atoms with Crippen LogP contribution in [0.5, 0.6) is 5.75 Å². The first-order chi connectivity index (χ1) is 14.4. The number of carbonyl (C=O) groups excluding carboxylic acids is 2. The van der Waals surface area contributed by atoms with Crippen LogP contribution in [0.2, 0.25) is 0 Å². The third kappa shape index (κ3) is 6.67.